The molecule has 51 heavy (non-hydrogen) atoms. The zero-order chi connectivity index (χ0) is 34.8. The minimum absolute atomic E-state index is 0.0113. The molecule has 7 aromatic rings. The van der Waals surface area contributed by atoms with Crippen LogP contribution >= 0.6 is 0 Å². The summed E-state index contributed by atoms with van der Waals surface area (Å²) in [7, 11) is 0. The van der Waals surface area contributed by atoms with Crippen molar-refractivity contribution in [3.8, 4) is 22.3 Å². The normalized spacial score (nSPS) is 13.9. The first-order chi connectivity index (χ1) is 24.8. The van der Waals surface area contributed by atoms with Crippen molar-refractivity contribution < 1.29 is 29.1 Å². The number of anilines is 2. The van der Waals surface area contributed by atoms with E-state index in [1.165, 1.54) is 18.2 Å². The van der Waals surface area contributed by atoms with Gasteiger partial charge in [-0.2, -0.15) is 5.06 Å². The monoisotopic (exact) mass is 666 g/mol. The fourth-order valence-electron chi connectivity index (χ4n) is 6.95. The first kappa shape index (κ1) is 30.2. The van der Waals surface area contributed by atoms with Gasteiger partial charge in [0.1, 0.15) is 6.61 Å². The van der Waals surface area contributed by atoms with E-state index in [0.717, 1.165) is 53.8 Å². The molecule has 0 atom stereocenters. The van der Waals surface area contributed by atoms with E-state index in [1.807, 2.05) is 78.9 Å². The Balaban J connectivity index is 1.03. The minimum atomic E-state index is -1.29. The molecule has 244 valence electrons. The van der Waals surface area contributed by atoms with Crippen molar-refractivity contribution in [2.24, 2.45) is 0 Å². The lowest BCUT2D eigenvalue weighted by Crippen LogP contribution is -2.36. The lowest BCUT2D eigenvalue weighted by Gasteiger charge is -2.29. The Bertz CT molecular complexity index is 2660. The maximum atomic E-state index is 13.9. The van der Waals surface area contributed by atoms with Crippen molar-refractivity contribution >= 4 is 56.6 Å². The number of carboxylic acids is 1. The van der Waals surface area contributed by atoms with Gasteiger partial charge in [0.25, 0.3) is 17.7 Å². The van der Waals surface area contributed by atoms with Crippen molar-refractivity contribution in [2.75, 3.05) is 9.96 Å². The highest BCUT2D eigenvalue weighted by Gasteiger charge is 2.38. The van der Waals surface area contributed by atoms with Gasteiger partial charge in [0.15, 0.2) is 0 Å². The van der Waals surface area contributed by atoms with E-state index >= 15 is 0 Å². The second-order valence-electron chi connectivity index (χ2n) is 12.6. The largest absolute Gasteiger partial charge is 0.478 e. The molecule has 2 heterocycles. The fraction of sp³-hybridized carbons (Fsp3) is 0.0233. The van der Waals surface area contributed by atoms with Crippen LogP contribution in [0.5, 0.6) is 0 Å². The molecule has 0 saturated carbocycles. The number of nitrogens with zero attached hydrogens (tertiary/aromatic N) is 2. The molecule has 0 unspecified atom stereocenters. The quantitative estimate of drug-likeness (QED) is 0.184. The minimum Gasteiger partial charge on any atom is -0.478 e. The van der Waals surface area contributed by atoms with E-state index in [1.54, 1.807) is 24.3 Å². The van der Waals surface area contributed by atoms with Gasteiger partial charge in [-0.05, 0) is 104 Å². The van der Waals surface area contributed by atoms with E-state index < -0.39 is 23.7 Å². The number of hydrogen-bond acceptors (Lipinski definition) is 5. The predicted molar refractivity (Wildman–Crippen MR) is 195 cm³/mol. The van der Waals surface area contributed by atoms with E-state index in [9.17, 15) is 24.3 Å². The van der Waals surface area contributed by atoms with Gasteiger partial charge in [0, 0.05) is 5.56 Å². The van der Waals surface area contributed by atoms with Crippen LogP contribution in [0, 0.1) is 0 Å². The van der Waals surface area contributed by atoms with E-state index in [2.05, 4.69) is 18.2 Å². The standard InChI is InChI=1S/C43H26N2O6/c46-40-38-16-14-32(30-12-10-26-6-2-4-8-28(26)18-30)22-39(38)41(47)44(40)35-20-33(43(49)50)21-36(23-35)45-42(48)37-15-13-31(19-34(37)24-51-45)29-11-9-25-5-1-3-7-27(25)17-29/h1-23H,24H2,(H,49,50). The van der Waals surface area contributed by atoms with Crippen LogP contribution in [-0.4, -0.2) is 28.8 Å². The van der Waals surface area contributed by atoms with Crippen molar-refractivity contribution in [3.63, 3.8) is 0 Å². The number of fused-ring (bicyclic) bond motifs is 4. The molecule has 0 radical (unpaired) electrons. The second kappa shape index (κ2) is 11.6. The third-order valence-electron chi connectivity index (χ3n) is 9.56. The van der Waals surface area contributed by atoms with Crippen LogP contribution in [0.1, 0.15) is 47.0 Å². The number of aromatic carboxylic acids is 1. The molecule has 0 aliphatic carbocycles. The first-order valence-corrected chi connectivity index (χ1v) is 16.3. The average molecular weight is 667 g/mol. The van der Waals surface area contributed by atoms with Crippen LogP contribution in [0.2, 0.25) is 0 Å². The number of carbonyl (C=O) groups excluding carboxylic acids is 3. The Morgan fingerprint density at radius 2 is 1.04 bits per heavy atom. The Morgan fingerprint density at radius 1 is 0.510 bits per heavy atom. The third-order valence-corrected chi connectivity index (χ3v) is 9.56. The van der Waals surface area contributed by atoms with Crippen LogP contribution < -0.4 is 9.96 Å². The molecule has 1 N–H and O–H groups in total. The molecule has 8 nitrogen and oxygen atoms in total. The summed E-state index contributed by atoms with van der Waals surface area (Å²) in [6.07, 6.45) is 0. The van der Waals surface area contributed by atoms with Crippen LogP contribution in [0.4, 0.5) is 11.4 Å². The van der Waals surface area contributed by atoms with Crippen molar-refractivity contribution in [2.45, 2.75) is 6.61 Å². The average Bonchev–Trinajstić information content (AvgIpc) is 3.42. The summed E-state index contributed by atoms with van der Waals surface area (Å²) in [5, 5.41) is 15.4. The maximum Gasteiger partial charge on any atom is 0.335 e. The summed E-state index contributed by atoms with van der Waals surface area (Å²) in [6.45, 7) is 0.0414. The van der Waals surface area contributed by atoms with Gasteiger partial charge in [-0.1, -0.05) is 84.9 Å². The first-order valence-electron chi connectivity index (χ1n) is 16.3. The van der Waals surface area contributed by atoms with E-state index in [4.69, 9.17) is 4.84 Å². The number of carbonyl (C=O) groups is 4. The SMILES string of the molecule is O=C(O)c1cc(N2OCc3cc(-c4ccc5ccccc5c4)ccc3C2=O)cc(N2C(=O)c3ccc(-c4ccc5ccccc5c4)cc3C2=O)c1. The Kier molecular flexibility index (Phi) is 6.87. The second-order valence-corrected chi connectivity index (χ2v) is 12.6. The summed E-state index contributed by atoms with van der Waals surface area (Å²) in [5.41, 5.74) is 4.92. The van der Waals surface area contributed by atoms with Gasteiger partial charge >= 0.3 is 5.97 Å². The number of benzene rings is 7. The molecule has 8 heteroatoms. The third kappa shape index (κ3) is 5.05. The molecular formula is C43H26N2O6. The summed E-state index contributed by atoms with van der Waals surface area (Å²) >= 11 is 0. The van der Waals surface area contributed by atoms with E-state index in [0.29, 0.717) is 11.1 Å². The molecule has 9 rings (SSSR count). The van der Waals surface area contributed by atoms with Gasteiger partial charge in [0.05, 0.1) is 28.1 Å². The Hall–Kier alpha value is -6.90. The predicted octanol–water partition coefficient (Wildman–Crippen LogP) is 8.92. The zero-order valence-electron chi connectivity index (χ0n) is 26.9. The lowest BCUT2D eigenvalue weighted by atomic mass is 9.96. The maximum absolute atomic E-state index is 13.9. The fourth-order valence-corrected chi connectivity index (χ4v) is 6.95. The molecular weight excluding hydrogens is 640 g/mol. The van der Waals surface area contributed by atoms with Crippen molar-refractivity contribution in [1.82, 2.24) is 0 Å². The molecule has 0 bridgehead atoms. The van der Waals surface area contributed by atoms with E-state index in [-0.39, 0.29) is 34.7 Å². The van der Waals surface area contributed by atoms with Gasteiger partial charge in [0.2, 0.25) is 0 Å². The molecule has 3 amide bonds. The number of carboxylic acid groups (broad SMARTS) is 1. The van der Waals surface area contributed by atoms with Gasteiger partial charge in [-0.15, -0.1) is 0 Å². The molecule has 0 spiro atoms. The Labute approximate surface area is 291 Å². The van der Waals surface area contributed by atoms with Crippen LogP contribution in [0.15, 0.2) is 140 Å². The van der Waals surface area contributed by atoms with Crippen molar-refractivity contribution in [1.29, 1.82) is 0 Å². The summed E-state index contributed by atoms with van der Waals surface area (Å²) in [6, 6.07) is 42.8. The molecule has 7 aromatic carbocycles. The molecule has 2 aliphatic rings. The highest BCUT2D eigenvalue weighted by molar-refractivity contribution is 6.35. The summed E-state index contributed by atoms with van der Waals surface area (Å²) in [5.74, 6) is -2.98. The van der Waals surface area contributed by atoms with Crippen LogP contribution in [0.25, 0.3) is 43.8 Å². The Morgan fingerprint density at radius 3 is 1.69 bits per heavy atom. The number of rotatable bonds is 5. The summed E-state index contributed by atoms with van der Waals surface area (Å²) < 4.78 is 0. The van der Waals surface area contributed by atoms with Crippen molar-refractivity contribution in [3.05, 3.63) is 167 Å². The smallest absolute Gasteiger partial charge is 0.335 e. The highest BCUT2D eigenvalue weighted by Crippen LogP contribution is 2.37. The molecule has 2 aliphatic heterocycles. The van der Waals surface area contributed by atoms with Gasteiger partial charge < -0.3 is 5.11 Å². The van der Waals surface area contributed by atoms with Crippen LogP contribution in [0.3, 0.4) is 0 Å². The topological polar surface area (TPSA) is 104 Å². The molecule has 0 saturated heterocycles. The highest BCUT2D eigenvalue weighted by atomic mass is 16.7. The summed E-state index contributed by atoms with van der Waals surface area (Å²) in [4.78, 5) is 60.5. The lowest BCUT2D eigenvalue weighted by molar-refractivity contribution is 0.0529. The number of imide groups is 1. The number of hydrogen-bond donors (Lipinski definition) is 1. The van der Waals surface area contributed by atoms with Gasteiger partial charge in [-0.3, -0.25) is 19.2 Å². The zero-order valence-corrected chi connectivity index (χ0v) is 26.9. The van der Waals surface area contributed by atoms with Crippen LogP contribution in [-0.2, 0) is 11.4 Å². The molecule has 0 fully saturated rings. The number of amides is 3. The number of hydroxylamine groups is 1. The van der Waals surface area contributed by atoms with Gasteiger partial charge in [-0.25, -0.2) is 9.69 Å². The molecule has 0 aromatic heterocycles.